The van der Waals surface area contributed by atoms with Crippen molar-refractivity contribution in [2.45, 2.75) is 0 Å². The van der Waals surface area contributed by atoms with Gasteiger partial charge in [0, 0.05) is 0 Å². The highest BCUT2D eigenvalue weighted by atomic mass is 17.1. The predicted octanol–water partition coefficient (Wildman–Crippen LogP) is 0.206. The zero-order chi connectivity index (χ0) is 16.9. The van der Waals surface area contributed by atoms with E-state index in [2.05, 4.69) is 19.6 Å². The maximum absolute atomic E-state index is 11.4. The Hall–Kier alpha value is -3.06. The zero-order valence-electron chi connectivity index (χ0n) is 10.2. The van der Waals surface area contributed by atoms with Gasteiger partial charge in [0.25, 0.3) is 0 Å². The molecular weight excluding hydrogens is 312 g/mol. The normalized spacial score (nSPS) is 9.64. The van der Waals surface area contributed by atoms with Crippen LogP contribution >= 0.6 is 0 Å². The molecule has 1 rings (SSSR count). The molecular formula is C10H6O12. The minimum absolute atomic E-state index is 0.567. The zero-order valence-corrected chi connectivity index (χ0v) is 10.2. The highest BCUT2D eigenvalue weighted by Gasteiger charge is 2.30. The molecule has 12 heteroatoms. The maximum atomic E-state index is 11.4. The van der Waals surface area contributed by atoms with Crippen LogP contribution in [0.3, 0.4) is 0 Å². The number of rotatable bonds is 4. The van der Waals surface area contributed by atoms with E-state index in [9.17, 15) is 19.2 Å². The first-order valence-corrected chi connectivity index (χ1v) is 5.02. The molecule has 0 saturated carbocycles. The molecule has 0 bridgehead atoms. The summed E-state index contributed by atoms with van der Waals surface area (Å²) in [6.45, 7) is 0. The van der Waals surface area contributed by atoms with Gasteiger partial charge in [-0.25, -0.2) is 19.2 Å². The molecule has 4 N–H and O–H groups in total. The summed E-state index contributed by atoms with van der Waals surface area (Å²) in [5.74, 6) is -6.42. The van der Waals surface area contributed by atoms with Gasteiger partial charge in [0.15, 0.2) is 0 Å². The predicted molar refractivity (Wildman–Crippen MR) is 58.6 cm³/mol. The maximum Gasteiger partial charge on any atom is 0.374 e. The van der Waals surface area contributed by atoms with Gasteiger partial charge in [-0.15, -0.1) is 0 Å². The molecule has 0 unspecified atom stereocenters. The fraction of sp³-hybridized carbons (Fsp3) is 0. The van der Waals surface area contributed by atoms with Gasteiger partial charge in [-0.3, -0.25) is 19.6 Å². The molecule has 0 heterocycles. The summed E-state index contributed by atoms with van der Waals surface area (Å²) in [5, 5.41) is 33.3. The highest BCUT2D eigenvalue weighted by Crippen LogP contribution is 2.21. The van der Waals surface area contributed by atoms with Gasteiger partial charge in [0.05, 0.1) is 22.3 Å². The molecule has 0 aliphatic rings. The molecule has 118 valence electrons. The van der Waals surface area contributed by atoms with Crippen molar-refractivity contribution in [3.8, 4) is 0 Å². The smallest absolute Gasteiger partial charge is 0.296 e. The summed E-state index contributed by atoms with van der Waals surface area (Å²) in [6, 6.07) is 1.13. The Bertz CT molecular complexity index is 596. The first kappa shape index (κ1) is 17.0. The average molecular weight is 318 g/mol. The molecule has 12 nitrogen and oxygen atoms in total. The van der Waals surface area contributed by atoms with E-state index >= 15 is 0 Å². The molecule has 1 aromatic carbocycles. The molecule has 0 radical (unpaired) electrons. The van der Waals surface area contributed by atoms with Crippen molar-refractivity contribution in [3.05, 3.63) is 34.4 Å². The Kier molecular flexibility index (Phi) is 5.48. The van der Waals surface area contributed by atoms with Crippen molar-refractivity contribution in [3.63, 3.8) is 0 Å². The molecule has 1 aromatic rings. The second-order valence-electron chi connectivity index (χ2n) is 3.46. The summed E-state index contributed by atoms with van der Waals surface area (Å²) in [5.41, 5.74) is -3.55. The Morgan fingerprint density at radius 3 is 1.32 bits per heavy atom. The SMILES string of the molecule is O=C(OO)c1cc(C(=O)OO)c(C(=O)OO)c(C(=O)OO)c1. The van der Waals surface area contributed by atoms with E-state index in [0.717, 1.165) is 0 Å². The van der Waals surface area contributed by atoms with Crippen LogP contribution in [0, 0.1) is 0 Å². The minimum Gasteiger partial charge on any atom is -0.296 e. The summed E-state index contributed by atoms with van der Waals surface area (Å²) in [7, 11) is 0. The fourth-order valence-electron chi connectivity index (χ4n) is 1.50. The van der Waals surface area contributed by atoms with Crippen LogP contribution in [0.2, 0.25) is 0 Å². The van der Waals surface area contributed by atoms with Crippen molar-refractivity contribution in [2.75, 3.05) is 0 Å². The van der Waals surface area contributed by atoms with Crippen LogP contribution in [-0.2, 0) is 19.6 Å². The van der Waals surface area contributed by atoms with Gasteiger partial charge in [-0.1, -0.05) is 0 Å². The number of carbonyl (C=O) groups excluding carboxylic acids is 4. The Morgan fingerprint density at radius 1 is 0.636 bits per heavy atom. The minimum atomic E-state index is -1.68. The van der Waals surface area contributed by atoms with Gasteiger partial charge in [-0.2, -0.15) is 21.0 Å². The Morgan fingerprint density at radius 2 is 1.00 bits per heavy atom. The third-order valence-corrected chi connectivity index (χ3v) is 2.35. The molecule has 0 aliphatic carbocycles. The van der Waals surface area contributed by atoms with Crippen LogP contribution in [0.4, 0.5) is 0 Å². The monoisotopic (exact) mass is 318 g/mol. The lowest BCUT2D eigenvalue weighted by Gasteiger charge is -2.10. The Balaban J connectivity index is 3.76. The third-order valence-electron chi connectivity index (χ3n) is 2.35. The van der Waals surface area contributed by atoms with E-state index in [1.165, 1.54) is 0 Å². The highest BCUT2D eigenvalue weighted by molar-refractivity contribution is 6.11. The quantitative estimate of drug-likeness (QED) is 0.336. The van der Waals surface area contributed by atoms with Gasteiger partial charge < -0.3 is 0 Å². The summed E-state index contributed by atoms with van der Waals surface area (Å²) < 4.78 is 0. The van der Waals surface area contributed by atoms with Crippen LogP contribution < -0.4 is 0 Å². The molecule has 0 saturated heterocycles. The molecule has 0 fully saturated rings. The second kappa shape index (κ2) is 7.09. The Labute approximate surface area is 119 Å². The standard InChI is InChI=1S/C10H6O12/c11-7(19-15)3-1-4(8(12)20-16)6(10(14)22-18)5(2-3)9(13)21-17/h1-2,15-18H. The topological polar surface area (TPSA) is 186 Å². The molecule has 0 aromatic heterocycles. The number of hydrogen-bond donors (Lipinski definition) is 4. The molecule has 0 aliphatic heterocycles. The first-order valence-electron chi connectivity index (χ1n) is 5.02. The van der Waals surface area contributed by atoms with E-state index < -0.39 is 46.1 Å². The average Bonchev–Trinajstić information content (AvgIpc) is 2.57. The van der Waals surface area contributed by atoms with Crippen LogP contribution in [0.15, 0.2) is 12.1 Å². The third kappa shape index (κ3) is 3.15. The van der Waals surface area contributed by atoms with E-state index in [1.54, 1.807) is 0 Å². The molecule has 0 amide bonds. The first-order chi connectivity index (χ1) is 10.4. The van der Waals surface area contributed by atoms with Crippen molar-refractivity contribution in [2.24, 2.45) is 0 Å². The van der Waals surface area contributed by atoms with E-state index in [-0.39, 0.29) is 0 Å². The van der Waals surface area contributed by atoms with Crippen LogP contribution in [0.1, 0.15) is 41.4 Å². The van der Waals surface area contributed by atoms with Crippen LogP contribution in [0.25, 0.3) is 0 Å². The van der Waals surface area contributed by atoms with Gasteiger partial charge in [0.1, 0.15) is 0 Å². The van der Waals surface area contributed by atoms with E-state index in [1.807, 2.05) is 0 Å². The number of hydrogen-bond acceptors (Lipinski definition) is 12. The second-order valence-corrected chi connectivity index (χ2v) is 3.46. The van der Waals surface area contributed by atoms with E-state index in [0.29, 0.717) is 12.1 Å². The van der Waals surface area contributed by atoms with Crippen LogP contribution in [-0.4, -0.2) is 44.9 Å². The fourth-order valence-corrected chi connectivity index (χ4v) is 1.50. The molecule has 22 heavy (non-hydrogen) atoms. The van der Waals surface area contributed by atoms with Crippen molar-refractivity contribution in [1.29, 1.82) is 0 Å². The number of benzene rings is 1. The summed E-state index contributed by atoms with van der Waals surface area (Å²) >= 11 is 0. The molecule has 0 atom stereocenters. The number of carbonyl (C=O) groups is 4. The van der Waals surface area contributed by atoms with Crippen molar-refractivity contribution in [1.82, 2.24) is 0 Å². The lowest BCUT2D eigenvalue weighted by Crippen LogP contribution is -2.20. The summed E-state index contributed by atoms with van der Waals surface area (Å²) in [4.78, 5) is 58.9. The van der Waals surface area contributed by atoms with E-state index in [4.69, 9.17) is 21.0 Å². The summed E-state index contributed by atoms with van der Waals surface area (Å²) in [6.07, 6.45) is 0. The molecule has 0 spiro atoms. The van der Waals surface area contributed by atoms with Gasteiger partial charge in [-0.05, 0) is 12.1 Å². The van der Waals surface area contributed by atoms with Crippen LogP contribution in [0.5, 0.6) is 0 Å². The lowest BCUT2D eigenvalue weighted by atomic mass is 9.97. The lowest BCUT2D eigenvalue weighted by molar-refractivity contribution is -0.186. The van der Waals surface area contributed by atoms with Crippen molar-refractivity contribution < 1.29 is 59.8 Å². The van der Waals surface area contributed by atoms with Gasteiger partial charge in [0.2, 0.25) is 0 Å². The van der Waals surface area contributed by atoms with Crippen molar-refractivity contribution >= 4 is 23.9 Å². The largest absolute Gasteiger partial charge is 0.374 e. The van der Waals surface area contributed by atoms with Gasteiger partial charge >= 0.3 is 23.9 Å².